The zero-order valence-electron chi connectivity index (χ0n) is 18.6. The number of nitrogens with zero attached hydrogens (tertiary/aromatic N) is 3. The lowest BCUT2D eigenvalue weighted by Gasteiger charge is -2.28. The summed E-state index contributed by atoms with van der Waals surface area (Å²) in [5.41, 5.74) is 2.56. The number of likely N-dealkylation sites (N-methyl/N-ethyl adjacent to an activating group) is 1. The lowest BCUT2D eigenvalue weighted by molar-refractivity contribution is -0.117. The Kier molecular flexibility index (Phi) is 6.62. The van der Waals surface area contributed by atoms with Crippen molar-refractivity contribution in [2.75, 3.05) is 30.4 Å². The molecule has 0 radical (unpaired) electrons. The summed E-state index contributed by atoms with van der Waals surface area (Å²) in [5, 5.41) is 7.32. The van der Waals surface area contributed by atoms with Gasteiger partial charge in [-0.05, 0) is 43.7 Å². The van der Waals surface area contributed by atoms with Crippen LogP contribution in [0.25, 0.3) is 0 Å². The van der Waals surface area contributed by atoms with Crippen molar-refractivity contribution < 1.29 is 17.6 Å². The highest BCUT2D eigenvalue weighted by Gasteiger charge is 2.31. The zero-order valence-corrected chi connectivity index (χ0v) is 19.4. The van der Waals surface area contributed by atoms with Crippen molar-refractivity contribution in [1.29, 1.82) is 0 Å². The van der Waals surface area contributed by atoms with Crippen LogP contribution in [0.2, 0.25) is 0 Å². The number of hydrogen-bond acceptors (Lipinski definition) is 5. The van der Waals surface area contributed by atoms with Gasteiger partial charge in [0.25, 0.3) is 0 Å². The van der Waals surface area contributed by atoms with Gasteiger partial charge in [0.15, 0.2) is 9.84 Å². The van der Waals surface area contributed by atoms with Crippen LogP contribution in [0.3, 0.4) is 0 Å². The van der Waals surface area contributed by atoms with Gasteiger partial charge in [-0.25, -0.2) is 17.5 Å². The van der Waals surface area contributed by atoms with Gasteiger partial charge in [0.05, 0.1) is 35.8 Å². The number of carbonyl (C=O) groups excluding carboxylic acids is 1. The van der Waals surface area contributed by atoms with Crippen molar-refractivity contribution >= 4 is 21.6 Å². The summed E-state index contributed by atoms with van der Waals surface area (Å²) in [6.45, 7) is 1.88. The Morgan fingerprint density at radius 2 is 1.85 bits per heavy atom. The molecule has 1 aliphatic rings. The van der Waals surface area contributed by atoms with Crippen molar-refractivity contribution in [1.82, 2.24) is 14.7 Å². The van der Waals surface area contributed by atoms with Crippen LogP contribution in [0.5, 0.6) is 0 Å². The highest BCUT2D eigenvalue weighted by molar-refractivity contribution is 7.91. The first kappa shape index (κ1) is 23.1. The number of sulfone groups is 1. The summed E-state index contributed by atoms with van der Waals surface area (Å²) in [6.07, 6.45) is 0.479. The number of amides is 1. The van der Waals surface area contributed by atoms with Gasteiger partial charge in [0.2, 0.25) is 5.91 Å². The number of anilines is 1. The van der Waals surface area contributed by atoms with Crippen molar-refractivity contribution in [3.63, 3.8) is 0 Å². The second kappa shape index (κ2) is 9.44. The maximum absolute atomic E-state index is 13.5. The molecule has 2 unspecified atom stereocenters. The number of carbonyl (C=O) groups is 1. The largest absolute Gasteiger partial charge is 0.310 e. The van der Waals surface area contributed by atoms with Crippen molar-refractivity contribution in [3.05, 3.63) is 83.3 Å². The number of aromatic nitrogens is 2. The fourth-order valence-electron chi connectivity index (χ4n) is 4.34. The molecule has 174 valence electrons. The van der Waals surface area contributed by atoms with E-state index < -0.39 is 9.84 Å². The maximum atomic E-state index is 13.5. The molecule has 2 atom stereocenters. The van der Waals surface area contributed by atoms with Gasteiger partial charge in [-0.2, -0.15) is 5.10 Å². The molecule has 3 aromatic rings. The molecule has 7 nitrogen and oxygen atoms in total. The second-order valence-electron chi connectivity index (χ2n) is 8.50. The number of aryl methyl sites for hydroxylation is 1. The molecule has 4 rings (SSSR count). The van der Waals surface area contributed by atoms with Gasteiger partial charge in [-0.15, -0.1) is 0 Å². The summed E-state index contributed by atoms with van der Waals surface area (Å²) in [4.78, 5) is 14.9. The van der Waals surface area contributed by atoms with Crippen molar-refractivity contribution in [2.45, 2.75) is 25.4 Å². The van der Waals surface area contributed by atoms with Gasteiger partial charge in [0, 0.05) is 6.07 Å². The van der Waals surface area contributed by atoms with E-state index in [0.717, 1.165) is 11.1 Å². The molecule has 1 amide bonds. The molecule has 2 aromatic carbocycles. The van der Waals surface area contributed by atoms with E-state index in [4.69, 9.17) is 0 Å². The summed E-state index contributed by atoms with van der Waals surface area (Å²) >= 11 is 0. The zero-order chi connectivity index (χ0) is 23.6. The third-order valence-corrected chi connectivity index (χ3v) is 7.56. The minimum Gasteiger partial charge on any atom is -0.310 e. The normalized spacial score (nSPS) is 18.4. The Bertz CT molecular complexity index is 1230. The van der Waals surface area contributed by atoms with Crippen LogP contribution in [-0.4, -0.2) is 54.1 Å². The Balaban J connectivity index is 1.52. The quantitative estimate of drug-likeness (QED) is 0.573. The van der Waals surface area contributed by atoms with Crippen LogP contribution in [0.1, 0.15) is 35.3 Å². The highest BCUT2D eigenvalue weighted by atomic mass is 32.2. The first-order chi connectivity index (χ1) is 15.7. The van der Waals surface area contributed by atoms with Crippen LogP contribution >= 0.6 is 0 Å². The molecule has 0 spiro atoms. The number of benzene rings is 2. The monoisotopic (exact) mass is 470 g/mol. The molecule has 0 saturated carbocycles. The number of halogens is 1. The molecule has 2 heterocycles. The predicted molar refractivity (Wildman–Crippen MR) is 125 cm³/mol. The van der Waals surface area contributed by atoms with Crippen LogP contribution in [0.15, 0.2) is 60.7 Å². The van der Waals surface area contributed by atoms with E-state index >= 15 is 0 Å². The van der Waals surface area contributed by atoms with E-state index in [1.807, 2.05) is 49.2 Å². The lowest BCUT2D eigenvalue weighted by atomic mass is 9.97. The molecular weight excluding hydrogens is 443 g/mol. The molecule has 1 N–H and O–H groups in total. The van der Waals surface area contributed by atoms with E-state index in [9.17, 15) is 17.6 Å². The highest BCUT2D eigenvalue weighted by Crippen LogP contribution is 2.29. The van der Waals surface area contributed by atoms with Gasteiger partial charge in [-0.3, -0.25) is 9.69 Å². The maximum Gasteiger partial charge on any atom is 0.239 e. The number of hydrogen-bond donors (Lipinski definition) is 1. The van der Waals surface area contributed by atoms with E-state index in [-0.39, 0.29) is 41.9 Å². The first-order valence-corrected chi connectivity index (χ1v) is 12.6. The molecule has 0 bridgehead atoms. The molecule has 0 aliphatic carbocycles. The van der Waals surface area contributed by atoms with Crippen LogP contribution in [-0.2, 0) is 14.6 Å². The molecule has 1 fully saturated rings. The summed E-state index contributed by atoms with van der Waals surface area (Å²) < 4.78 is 38.9. The fourth-order valence-corrected chi connectivity index (χ4v) is 6.03. The SMILES string of the molecule is Cc1cc(NC(=O)CN(C)C(c2ccccc2)c2ccc(F)cc2)n(C2CCS(=O)(=O)C2)n1. The van der Waals surface area contributed by atoms with Crippen LogP contribution < -0.4 is 5.32 Å². The van der Waals surface area contributed by atoms with Crippen LogP contribution in [0, 0.1) is 12.7 Å². The van der Waals surface area contributed by atoms with Gasteiger partial charge in [-0.1, -0.05) is 42.5 Å². The third-order valence-electron chi connectivity index (χ3n) is 5.81. The third kappa shape index (κ3) is 5.48. The topological polar surface area (TPSA) is 84.3 Å². The number of nitrogens with one attached hydrogen (secondary N) is 1. The second-order valence-corrected chi connectivity index (χ2v) is 10.7. The van der Waals surface area contributed by atoms with Crippen molar-refractivity contribution in [3.8, 4) is 0 Å². The summed E-state index contributed by atoms with van der Waals surface area (Å²) in [7, 11) is -1.24. The van der Waals surface area contributed by atoms with E-state index in [0.29, 0.717) is 17.9 Å². The Labute approximate surface area is 193 Å². The minimum atomic E-state index is -3.08. The van der Waals surface area contributed by atoms with Crippen molar-refractivity contribution in [2.24, 2.45) is 0 Å². The molecule has 9 heteroatoms. The molecule has 1 aliphatic heterocycles. The average Bonchev–Trinajstić information content (AvgIpc) is 3.31. The first-order valence-electron chi connectivity index (χ1n) is 10.8. The Morgan fingerprint density at radius 3 is 2.48 bits per heavy atom. The van der Waals surface area contributed by atoms with Gasteiger partial charge >= 0.3 is 0 Å². The lowest BCUT2D eigenvalue weighted by Crippen LogP contribution is -2.34. The minimum absolute atomic E-state index is 0.0253. The standard InChI is InChI=1S/C24H27FN4O3S/c1-17-14-22(29(27-17)21-12-13-33(31,32)16-21)26-23(30)15-28(2)24(18-6-4-3-5-7-18)19-8-10-20(25)11-9-19/h3-11,14,21,24H,12-13,15-16H2,1-2H3,(H,26,30). The summed E-state index contributed by atoms with van der Waals surface area (Å²) in [5.74, 6) is 0.0813. The van der Waals surface area contributed by atoms with Gasteiger partial charge in [0.1, 0.15) is 11.6 Å². The Morgan fingerprint density at radius 1 is 1.18 bits per heavy atom. The molecule has 1 aromatic heterocycles. The smallest absolute Gasteiger partial charge is 0.239 e. The Hall–Kier alpha value is -3.04. The summed E-state index contributed by atoms with van der Waals surface area (Å²) in [6, 6.07) is 17.2. The van der Waals surface area contributed by atoms with E-state index in [1.165, 1.54) is 12.1 Å². The fraction of sp³-hybridized carbons (Fsp3) is 0.333. The molecule has 33 heavy (non-hydrogen) atoms. The predicted octanol–water partition coefficient (Wildman–Crippen LogP) is 3.35. The average molecular weight is 471 g/mol. The number of rotatable bonds is 7. The van der Waals surface area contributed by atoms with E-state index in [1.54, 1.807) is 22.9 Å². The van der Waals surface area contributed by atoms with Gasteiger partial charge < -0.3 is 5.32 Å². The van der Waals surface area contributed by atoms with E-state index in [2.05, 4.69) is 10.4 Å². The van der Waals surface area contributed by atoms with Crippen LogP contribution in [0.4, 0.5) is 10.2 Å². The molecular formula is C24H27FN4O3S. The molecule has 1 saturated heterocycles.